The summed E-state index contributed by atoms with van der Waals surface area (Å²) in [6.07, 6.45) is 2.34. The molecule has 1 heterocycles. The third-order valence-electron chi connectivity index (χ3n) is 6.63. The summed E-state index contributed by atoms with van der Waals surface area (Å²) in [6, 6.07) is 15.0. The zero-order chi connectivity index (χ0) is 28.4. The number of rotatable bonds is 8. The number of nitrogens with zero attached hydrogens (tertiary/aromatic N) is 1. The lowest BCUT2D eigenvalue weighted by Gasteiger charge is -2.16. The molecule has 5 rings (SSSR count). The highest BCUT2D eigenvalue weighted by atomic mass is 35.5. The number of carbonyl (C=O) groups excluding carboxylic acids is 3. The zero-order valence-electron chi connectivity index (χ0n) is 21.5. The van der Waals surface area contributed by atoms with E-state index in [2.05, 4.69) is 20.9 Å². The van der Waals surface area contributed by atoms with Gasteiger partial charge in [0.1, 0.15) is 28.5 Å². The van der Waals surface area contributed by atoms with Crippen LogP contribution in [0.4, 0.5) is 15.8 Å². The van der Waals surface area contributed by atoms with Gasteiger partial charge in [0.2, 0.25) is 11.8 Å². The Morgan fingerprint density at radius 3 is 2.20 bits per heavy atom. The molecule has 0 aliphatic heterocycles. The van der Waals surface area contributed by atoms with Crippen molar-refractivity contribution in [3.05, 3.63) is 83.3 Å². The van der Waals surface area contributed by atoms with Gasteiger partial charge in [0.25, 0.3) is 5.91 Å². The Kier molecular flexibility index (Phi) is 7.27. The number of benzene rings is 3. The molecule has 0 atom stereocenters. The third-order valence-corrected chi connectivity index (χ3v) is 6.92. The summed E-state index contributed by atoms with van der Waals surface area (Å²) < 4.78 is 24.6. The Morgan fingerprint density at radius 2 is 1.57 bits per heavy atom. The average Bonchev–Trinajstić information content (AvgIpc) is 3.77. The molecule has 9 nitrogen and oxygen atoms in total. The Balaban J connectivity index is 1.33. The van der Waals surface area contributed by atoms with Gasteiger partial charge in [-0.3, -0.25) is 19.4 Å². The molecule has 0 bridgehead atoms. The van der Waals surface area contributed by atoms with E-state index < -0.39 is 23.0 Å². The first-order valence-electron chi connectivity index (χ1n) is 12.3. The SMILES string of the molecule is CNC(=O)c1cc2c(Oc3ccc(NC(=O)C4(C(=O)Nc5ccc(F)cc5)CC4)cc3Cl)ccnc2cc1OC. The molecule has 1 aliphatic carbocycles. The van der Waals surface area contributed by atoms with E-state index >= 15 is 0 Å². The number of pyridine rings is 1. The number of aromatic nitrogens is 1. The van der Waals surface area contributed by atoms with E-state index in [-0.39, 0.29) is 10.9 Å². The summed E-state index contributed by atoms with van der Waals surface area (Å²) in [6.45, 7) is 0. The minimum absolute atomic E-state index is 0.211. The van der Waals surface area contributed by atoms with Crippen LogP contribution < -0.4 is 25.4 Å². The number of carbonyl (C=O) groups is 3. The maximum Gasteiger partial charge on any atom is 0.254 e. The first-order chi connectivity index (χ1) is 19.2. The lowest BCUT2D eigenvalue weighted by Crippen LogP contribution is -2.35. The quantitative estimate of drug-likeness (QED) is 0.242. The number of amides is 3. The van der Waals surface area contributed by atoms with Crippen LogP contribution in [0.1, 0.15) is 23.2 Å². The Hall–Kier alpha value is -4.70. The predicted octanol–water partition coefficient (Wildman–Crippen LogP) is 5.55. The summed E-state index contributed by atoms with van der Waals surface area (Å²) in [7, 11) is 2.99. The van der Waals surface area contributed by atoms with Crippen molar-refractivity contribution < 1.29 is 28.2 Å². The van der Waals surface area contributed by atoms with E-state index in [1.54, 1.807) is 36.5 Å². The highest BCUT2D eigenvalue weighted by molar-refractivity contribution is 6.32. The summed E-state index contributed by atoms with van der Waals surface area (Å²) in [5.74, 6) is -0.591. The first kappa shape index (κ1) is 26.9. The van der Waals surface area contributed by atoms with Gasteiger partial charge in [-0.05, 0) is 67.4 Å². The Morgan fingerprint density at radius 1 is 0.900 bits per heavy atom. The van der Waals surface area contributed by atoms with Crippen molar-refractivity contribution in [3.63, 3.8) is 0 Å². The number of nitrogens with one attached hydrogen (secondary N) is 3. The molecule has 204 valence electrons. The van der Waals surface area contributed by atoms with E-state index in [0.717, 1.165) is 0 Å². The van der Waals surface area contributed by atoms with Crippen LogP contribution in [0.3, 0.4) is 0 Å². The average molecular weight is 563 g/mol. The maximum absolute atomic E-state index is 13.2. The van der Waals surface area contributed by atoms with Crippen LogP contribution in [0.2, 0.25) is 5.02 Å². The molecule has 11 heteroatoms. The number of hydrogen-bond donors (Lipinski definition) is 3. The molecule has 4 aromatic rings. The third kappa shape index (κ3) is 5.26. The van der Waals surface area contributed by atoms with E-state index in [1.807, 2.05) is 0 Å². The molecule has 1 aliphatic rings. The summed E-state index contributed by atoms with van der Waals surface area (Å²) in [4.78, 5) is 42.5. The number of anilines is 2. The van der Waals surface area contributed by atoms with Crippen molar-refractivity contribution in [2.24, 2.45) is 5.41 Å². The molecule has 3 N–H and O–H groups in total. The molecule has 40 heavy (non-hydrogen) atoms. The molecule has 0 spiro atoms. The Bertz CT molecular complexity index is 1640. The van der Waals surface area contributed by atoms with Crippen LogP contribution in [-0.4, -0.2) is 36.9 Å². The van der Waals surface area contributed by atoms with E-state index in [9.17, 15) is 18.8 Å². The van der Waals surface area contributed by atoms with Gasteiger partial charge in [-0.2, -0.15) is 0 Å². The fraction of sp³-hybridized carbons (Fsp3) is 0.172. The van der Waals surface area contributed by atoms with Crippen molar-refractivity contribution in [2.75, 3.05) is 24.8 Å². The number of hydrogen-bond acceptors (Lipinski definition) is 6. The fourth-order valence-electron chi connectivity index (χ4n) is 4.22. The van der Waals surface area contributed by atoms with Gasteiger partial charge >= 0.3 is 0 Å². The topological polar surface area (TPSA) is 119 Å². The van der Waals surface area contributed by atoms with Gasteiger partial charge in [0, 0.05) is 36.1 Å². The lowest BCUT2D eigenvalue weighted by molar-refractivity contribution is -0.131. The Labute approximate surface area is 233 Å². The van der Waals surface area contributed by atoms with Crippen molar-refractivity contribution in [1.82, 2.24) is 10.3 Å². The maximum atomic E-state index is 13.2. The van der Waals surface area contributed by atoms with Gasteiger partial charge in [-0.1, -0.05) is 11.6 Å². The number of fused-ring (bicyclic) bond motifs is 1. The van der Waals surface area contributed by atoms with Crippen LogP contribution in [0.5, 0.6) is 17.2 Å². The molecule has 0 radical (unpaired) electrons. The van der Waals surface area contributed by atoms with E-state index in [1.165, 1.54) is 44.5 Å². The van der Waals surface area contributed by atoms with Crippen molar-refractivity contribution in [3.8, 4) is 17.2 Å². The molecule has 0 unspecified atom stereocenters. The first-order valence-corrected chi connectivity index (χ1v) is 12.7. The predicted molar refractivity (Wildman–Crippen MR) is 149 cm³/mol. The van der Waals surface area contributed by atoms with Crippen molar-refractivity contribution >= 4 is 51.6 Å². The fourth-order valence-corrected chi connectivity index (χ4v) is 4.43. The molecule has 3 aromatic carbocycles. The molecule has 0 saturated heterocycles. The zero-order valence-corrected chi connectivity index (χ0v) is 22.3. The van der Waals surface area contributed by atoms with Gasteiger partial charge in [0.05, 0.1) is 23.2 Å². The molecule has 1 saturated carbocycles. The molecule has 1 fully saturated rings. The second kappa shape index (κ2) is 10.8. The summed E-state index contributed by atoms with van der Waals surface area (Å²) in [5, 5.41) is 8.79. The summed E-state index contributed by atoms with van der Waals surface area (Å²) >= 11 is 6.49. The van der Waals surface area contributed by atoms with Gasteiger partial charge in [0.15, 0.2) is 0 Å². The largest absolute Gasteiger partial charge is 0.496 e. The van der Waals surface area contributed by atoms with E-state index in [4.69, 9.17) is 21.1 Å². The van der Waals surface area contributed by atoms with Crippen LogP contribution in [0.25, 0.3) is 10.9 Å². The second-order valence-electron chi connectivity index (χ2n) is 9.20. The van der Waals surface area contributed by atoms with Gasteiger partial charge in [-0.15, -0.1) is 0 Å². The van der Waals surface area contributed by atoms with Crippen LogP contribution in [-0.2, 0) is 9.59 Å². The minimum Gasteiger partial charge on any atom is -0.496 e. The van der Waals surface area contributed by atoms with Crippen molar-refractivity contribution in [1.29, 1.82) is 0 Å². The standard InChI is InChI=1S/C29H24ClFN4O5/c1-32-26(36)20-14-19-22(15-25(20)39-2)33-12-9-23(19)40-24-8-7-18(13-21(24)30)35-28(38)29(10-11-29)27(37)34-17-5-3-16(31)4-6-17/h3-9,12-15H,10-11H2,1-2H3,(H,32,36)(H,34,37)(H,35,38). The molecule has 3 amide bonds. The van der Waals surface area contributed by atoms with Gasteiger partial charge < -0.3 is 25.4 Å². The monoisotopic (exact) mass is 562 g/mol. The molecular formula is C29H24ClFN4O5. The van der Waals surface area contributed by atoms with Crippen LogP contribution >= 0.6 is 11.6 Å². The molecule has 1 aromatic heterocycles. The van der Waals surface area contributed by atoms with Crippen LogP contribution in [0, 0.1) is 11.2 Å². The normalized spacial score (nSPS) is 13.3. The summed E-state index contributed by atoms with van der Waals surface area (Å²) in [5.41, 5.74) is 0.442. The highest BCUT2D eigenvalue weighted by Gasteiger charge is 2.56. The molecular weight excluding hydrogens is 539 g/mol. The van der Waals surface area contributed by atoms with Crippen LogP contribution in [0.15, 0.2) is 66.9 Å². The second-order valence-corrected chi connectivity index (χ2v) is 9.61. The lowest BCUT2D eigenvalue weighted by atomic mass is 10.0. The number of ether oxygens (including phenoxy) is 2. The van der Waals surface area contributed by atoms with E-state index in [0.29, 0.717) is 57.9 Å². The van der Waals surface area contributed by atoms with Crippen molar-refractivity contribution in [2.45, 2.75) is 12.8 Å². The van der Waals surface area contributed by atoms with Gasteiger partial charge in [-0.25, -0.2) is 4.39 Å². The minimum atomic E-state index is -1.21. The number of methoxy groups -OCH3 is 1. The smallest absolute Gasteiger partial charge is 0.254 e. The highest BCUT2D eigenvalue weighted by Crippen LogP contribution is 2.48. The number of halogens is 2.